The molecule has 0 bridgehead atoms. The molecular formula is C28H26N2O5. The van der Waals surface area contributed by atoms with Gasteiger partial charge in [-0.3, -0.25) is 4.79 Å². The number of carbonyl (C=O) groups is 1. The lowest BCUT2D eigenvalue weighted by atomic mass is 9.78. The molecule has 1 aliphatic carbocycles. The Morgan fingerprint density at radius 1 is 0.829 bits per heavy atom. The Kier molecular flexibility index (Phi) is 5.25. The number of rotatable bonds is 4. The van der Waals surface area contributed by atoms with Crippen molar-refractivity contribution in [1.82, 2.24) is 0 Å². The van der Waals surface area contributed by atoms with Crippen LogP contribution in [0.4, 0.5) is 11.4 Å². The largest absolute Gasteiger partial charge is 0.493 e. The number of para-hydroxylation sites is 2. The Morgan fingerprint density at radius 2 is 1.60 bits per heavy atom. The summed E-state index contributed by atoms with van der Waals surface area (Å²) in [7, 11) is 3.24. The van der Waals surface area contributed by atoms with E-state index in [0.29, 0.717) is 30.1 Å². The summed E-state index contributed by atoms with van der Waals surface area (Å²) >= 11 is 0. The van der Waals surface area contributed by atoms with Crippen LogP contribution < -0.4 is 29.6 Å². The van der Waals surface area contributed by atoms with Gasteiger partial charge >= 0.3 is 0 Å². The topological polar surface area (TPSA) is 78.1 Å². The number of Topliss-reactive ketones (excluding diaryl/α,β-unsaturated/α-hetero) is 1. The molecule has 0 spiro atoms. The number of carbonyl (C=O) groups excluding carboxylic acids is 1. The van der Waals surface area contributed by atoms with Crippen LogP contribution in [0.1, 0.15) is 35.9 Å². The van der Waals surface area contributed by atoms with Gasteiger partial charge in [0, 0.05) is 17.7 Å². The van der Waals surface area contributed by atoms with Crippen LogP contribution in [0.2, 0.25) is 0 Å². The molecular weight excluding hydrogens is 444 g/mol. The summed E-state index contributed by atoms with van der Waals surface area (Å²) in [5.74, 6) is 2.89. The summed E-state index contributed by atoms with van der Waals surface area (Å²) in [6, 6.07) is 19.5. The summed E-state index contributed by atoms with van der Waals surface area (Å²) < 4.78 is 22.0. The van der Waals surface area contributed by atoms with Crippen molar-refractivity contribution in [3.8, 4) is 23.0 Å². The smallest absolute Gasteiger partial charge is 0.231 e. The molecule has 0 saturated carbocycles. The molecule has 178 valence electrons. The molecule has 0 fully saturated rings. The van der Waals surface area contributed by atoms with Crippen LogP contribution in [0.5, 0.6) is 23.0 Å². The van der Waals surface area contributed by atoms with Gasteiger partial charge in [-0.05, 0) is 59.9 Å². The summed E-state index contributed by atoms with van der Waals surface area (Å²) in [6.45, 7) is 0.209. The van der Waals surface area contributed by atoms with E-state index in [9.17, 15) is 4.79 Å². The van der Waals surface area contributed by atoms with Crippen LogP contribution in [0.3, 0.4) is 0 Å². The fraction of sp³-hybridized carbons (Fsp3) is 0.250. The van der Waals surface area contributed by atoms with Crippen molar-refractivity contribution in [2.24, 2.45) is 0 Å². The Labute approximate surface area is 203 Å². The van der Waals surface area contributed by atoms with Crippen LogP contribution in [0.25, 0.3) is 0 Å². The van der Waals surface area contributed by atoms with E-state index in [1.54, 1.807) is 14.2 Å². The van der Waals surface area contributed by atoms with Gasteiger partial charge < -0.3 is 29.6 Å². The third kappa shape index (κ3) is 3.73. The number of nitrogens with one attached hydrogen (secondary N) is 2. The Bertz CT molecular complexity index is 1350. The van der Waals surface area contributed by atoms with Crippen molar-refractivity contribution in [3.05, 3.63) is 83.1 Å². The average Bonchev–Trinajstić information content (AvgIpc) is 3.29. The van der Waals surface area contributed by atoms with E-state index in [1.165, 1.54) is 0 Å². The zero-order chi connectivity index (χ0) is 23.9. The molecule has 2 heterocycles. The van der Waals surface area contributed by atoms with Gasteiger partial charge in [-0.15, -0.1) is 0 Å². The first-order valence-electron chi connectivity index (χ1n) is 11.6. The van der Waals surface area contributed by atoms with Gasteiger partial charge in [0.1, 0.15) is 0 Å². The quantitative estimate of drug-likeness (QED) is 0.528. The van der Waals surface area contributed by atoms with E-state index in [-0.39, 0.29) is 24.5 Å². The van der Waals surface area contributed by atoms with Gasteiger partial charge in [0.2, 0.25) is 6.79 Å². The molecule has 7 nitrogen and oxygen atoms in total. The molecule has 7 heteroatoms. The van der Waals surface area contributed by atoms with E-state index in [0.717, 1.165) is 39.5 Å². The zero-order valence-corrected chi connectivity index (χ0v) is 19.6. The number of fused-ring (bicyclic) bond motifs is 2. The minimum absolute atomic E-state index is 0.0243. The highest BCUT2D eigenvalue weighted by Crippen LogP contribution is 2.46. The second-order valence-electron chi connectivity index (χ2n) is 8.90. The van der Waals surface area contributed by atoms with Gasteiger partial charge in [-0.25, -0.2) is 0 Å². The molecule has 35 heavy (non-hydrogen) atoms. The van der Waals surface area contributed by atoms with Crippen LogP contribution in [0, 0.1) is 0 Å². The fourth-order valence-electron chi connectivity index (χ4n) is 5.18. The minimum Gasteiger partial charge on any atom is -0.493 e. The first kappa shape index (κ1) is 21.4. The molecule has 3 aromatic rings. The maximum Gasteiger partial charge on any atom is 0.231 e. The summed E-state index contributed by atoms with van der Waals surface area (Å²) in [5.41, 5.74) is 5.59. The van der Waals surface area contributed by atoms with Crippen LogP contribution in [-0.4, -0.2) is 26.8 Å². The fourth-order valence-corrected chi connectivity index (χ4v) is 5.18. The molecule has 0 radical (unpaired) electrons. The number of ketones is 1. The van der Waals surface area contributed by atoms with Gasteiger partial charge in [0.05, 0.1) is 31.6 Å². The Balaban J connectivity index is 1.42. The highest BCUT2D eigenvalue weighted by molar-refractivity contribution is 6.01. The average molecular weight is 471 g/mol. The Hall–Kier alpha value is -4.13. The zero-order valence-electron chi connectivity index (χ0n) is 19.6. The highest BCUT2D eigenvalue weighted by Gasteiger charge is 2.36. The predicted octanol–water partition coefficient (Wildman–Crippen LogP) is 5.41. The predicted molar refractivity (Wildman–Crippen MR) is 133 cm³/mol. The molecule has 3 aromatic carbocycles. The molecule has 0 amide bonds. The summed E-state index contributed by atoms with van der Waals surface area (Å²) in [4.78, 5) is 13.8. The second-order valence-corrected chi connectivity index (χ2v) is 8.90. The van der Waals surface area contributed by atoms with Crippen molar-refractivity contribution >= 4 is 17.2 Å². The number of ether oxygens (including phenoxy) is 4. The normalized spacial score (nSPS) is 20.2. The van der Waals surface area contributed by atoms with E-state index in [2.05, 4.69) is 10.6 Å². The van der Waals surface area contributed by atoms with E-state index >= 15 is 0 Å². The van der Waals surface area contributed by atoms with Gasteiger partial charge in [-0.1, -0.05) is 24.3 Å². The molecule has 0 saturated heterocycles. The molecule has 2 aliphatic heterocycles. The van der Waals surface area contributed by atoms with Crippen LogP contribution in [-0.2, 0) is 4.79 Å². The number of allylic oxidation sites excluding steroid dienone is 1. The van der Waals surface area contributed by atoms with Crippen molar-refractivity contribution in [3.63, 3.8) is 0 Å². The van der Waals surface area contributed by atoms with Crippen LogP contribution in [0.15, 0.2) is 71.9 Å². The second kappa shape index (κ2) is 8.58. The van der Waals surface area contributed by atoms with Crippen molar-refractivity contribution in [2.45, 2.75) is 24.8 Å². The summed E-state index contributed by atoms with van der Waals surface area (Å²) in [6.07, 6.45) is 1.11. The number of hydrogen-bond donors (Lipinski definition) is 2. The van der Waals surface area contributed by atoms with Crippen molar-refractivity contribution in [1.29, 1.82) is 0 Å². The van der Waals surface area contributed by atoms with Gasteiger partial charge in [0.25, 0.3) is 0 Å². The third-order valence-corrected chi connectivity index (χ3v) is 6.92. The van der Waals surface area contributed by atoms with Crippen molar-refractivity contribution < 1.29 is 23.7 Å². The number of methoxy groups -OCH3 is 2. The highest BCUT2D eigenvalue weighted by atomic mass is 16.7. The van der Waals surface area contributed by atoms with Gasteiger partial charge in [-0.2, -0.15) is 0 Å². The SMILES string of the molecule is COc1ccc([C@H]2CC(=O)C3=C(C2)Nc2ccccc2N[C@@H]3c2ccc3c(c2)OCO3)cc1OC. The molecule has 6 rings (SSSR count). The molecule has 0 unspecified atom stereocenters. The maximum absolute atomic E-state index is 13.8. The van der Waals surface area contributed by atoms with E-state index in [1.807, 2.05) is 60.7 Å². The first-order chi connectivity index (χ1) is 17.1. The third-order valence-electron chi connectivity index (χ3n) is 6.92. The lowest BCUT2D eigenvalue weighted by molar-refractivity contribution is -0.116. The van der Waals surface area contributed by atoms with E-state index in [4.69, 9.17) is 18.9 Å². The molecule has 3 aliphatic rings. The minimum atomic E-state index is -0.311. The molecule has 0 aromatic heterocycles. The van der Waals surface area contributed by atoms with Crippen molar-refractivity contribution in [2.75, 3.05) is 31.6 Å². The molecule has 2 N–H and O–H groups in total. The number of anilines is 2. The Morgan fingerprint density at radius 3 is 2.43 bits per heavy atom. The lowest BCUT2D eigenvalue weighted by Gasteiger charge is -2.30. The number of hydrogen-bond acceptors (Lipinski definition) is 7. The molecule has 2 atom stereocenters. The van der Waals surface area contributed by atoms with Crippen LogP contribution >= 0.6 is 0 Å². The van der Waals surface area contributed by atoms with Gasteiger partial charge in [0.15, 0.2) is 28.8 Å². The monoisotopic (exact) mass is 470 g/mol. The maximum atomic E-state index is 13.8. The first-order valence-corrected chi connectivity index (χ1v) is 11.6. The number of benzene rings is 3. The standard InChI is InChI=1S/C28H26N2O5/c1-32-23-9-7-16(13-25(23)33-2)18-11-21-27(22(31)12-18)28(30-20-6-4-3-5-19(20)29-21)17-8-10-24-26(14-17)35-15-34-24/h3-10,13-14,18,28-30H,11-12,15H2,1-2H3/t18-,28-/m1/s1. The lowest BCUT2D eigenvalue weighted by Crippen LogP contribution is -2.26. The van der Waals surface area contributed by atoms with E-state index < -0.39 is 0 Å². The summed E-state index contributed by atoms with van der Waals surface area (Å²) in [5, 5.41) is 7.19.